The first kappa shape index (κ1) is 13.5. The molecule has 1 heterocycles. The molecule has 0 spiro atoms. The van der Waals surface area contributed by atoms with E-state index >= 15 is 0 Å². The van der Waals surface area contributed by atoms with E-state index in [0.29, 0.717) is 5.82 Å². The lowest BCUT2D eigenvalue weighted by Crippen LogP contribution is -2.23. The summed E-state index contributed by atoms with van der Waals surface area (Å²) in [6.45, 7) is 1.79. The molecule has 1 N–H and O–H groups in total. The summed E-state index contributed by atoms with van der Waals surface area (Å²) in [5, 5.41) is 1.47. The number of nitrogens with one attached hydrogen (secondary N) is 1. The maximum atomic E-state index is 12.0. The van der Waals surface area contributed by atoms with Crippen LogP contribution in [0.4, 0.5) is 19.0 Å². The summed E-state index contributed by atoms with van der Waals surface area (Å²) in [6.07, 6.45) is -2.74. The van der Waals surface area contributed by atoms with Gasteiger partial charge in [0, 0.05) is 12.4 Å². The van der Waals surface area contributed by atoms with Crippen molar-refractivity contribution in [1.29, 1.82) is 0 Å². The van der Waals surface area contributed by atoms with Crippen LogP contribution >= 0.6 is 11.6 Å². The van der Waals surface area contributed by atoms with E-state index in [1.54, 1.807) is 19.1 Å². The number of Topliss-reactive ketones (excluding diaryl/α,β-unsaturated/α-hetero) is 1. The lowest BCUT2D eigenvalue weighted by atomic mass is 10.3. The van der Waals surface area contributed by atoms with Gasteiger partial charge in [0.15, 0.2) is 0 Å². The average Bonchev–Trinajstić information content (AvgIpc) is 2.23. The van der Waals surface area contributed by atoms with Gasteiger partial charge < -0.3 is 5.32 Å². The van der Waals surface area contributed by atoms with Gasteiger partial charge in [-0.1, -0.05) is 11.6 Å². The van der Waals surface area contributed by atoms with Crippen LogP contribution in [0.3, 0.4) is 0 Å². The zero-order valence-electron chi connectivity index (χ0n) is 8.68. The molecule has 0 unspecified atom stereocenters. The van der Waals surface area contributed by atoms with E-state index < -0.39 is 17.0 Å². The maximum Gasteiger partial charge on any atom is 0.455 e. The molecule has 0 atom stereocenters. The van der Waals surface area contributed by atoms with Gasteiger partial charge in [-0.15, -0.1) is 0 Å². The molecule has 0 radical (unpaired) electrons. The standard InChI is InChI=1S/C10H8ClF3N2O/c1-6-2-3-15-8(4-6)16-5-7(11)9(17)10(12,13)14/h2-5H,1H3,(H,15,16)/b7-5+. The van der Waals surface area contributed by atoms with E-state index in [9.17, 15) is 18.0 Å². The van der Waals surface area contributed by atoms with Crippen molar-refractivity contribution >= 4 is 23.2 Å². The van der Waals surface area contributed by atoms with Gasteiger partial charge in [-0.3, -0.25) is 4.79 Å². The Kier molecular flexibility index (Phi) is 4.11. The summed E-state index contributed by atoms with van der Waals surface area (Å²) in [7, 11) is 0. The van der Waals surface area contributed by atoms with Crippen molar-refractivity contribution in [3.05, 3.63) is 35.1 Å². The second-order valence-corrected chi connectivity index (χ2v) is 3.59. The SMILES string of the molecule is Cc1ccnc(N/C=C(/Cl)C(=O)C(F)(F)F)c1. The molecule has 17 heavy (non-hydrogen) atoms. The third-order valence-corrected chi connectivity index (χ3v) is 2.02. The molecule has 3 nitrogen and oxygen atoms in total. The quantitative estimate of drug-likeness (QED) is 0.854. The number of carbonyl (C=O) groups excluding carboxylic acids is 1. The van der Waals surface area contributed by atoms with E-state index in [0.717, 1.165) is 11.8 Å². The zero-order valence-corrected chi connectivity index (χ0v) is 9.43. The lowest BCUT2D eigenvalue weighted by Gasteiger charge is -2.04. The van der Waals surface area contributed by atoms with Crippen molar-refractivity contribution in [3.8, 4) is 0 Å². The molecule has 0 aliphatic carbocycles. The Hall–Kier alpha value is -1.56. The van der Waals surface area contributed by atoms with Gasteiger partial charge in [0.2, 0.25) is 0 Å². The first-order chi connectivity index (χ1) is 7.80. The van der Waals surface area contributed by atoms with Gasteiger partial charge in [-0.2, -0.15) is 13.2 Å². The van der Waals surface area contributed by atoms with Crippen molar-refractivity contribution in [1.82, 2.24) is 4.98 Å². The summed E-state index contributed by atoms with van der Waals surface area (Å²) < 4.78 is 35.9. The minimum atomic E-state index is -4.98. The van der Waals surface area contributed by atoms with E-state index in [4.69, 9.17) is 11.6 Å². The number of hydrogen-bond acceptors (Lipinski definition) is 3. The Bertz CT molecular complexity index is 457. The molecule has 1 rings (SSSR count). The number of anilines is 1. The number of carbonyl (C=O) groups is 1. The third kappa shape index (κ3) is 4.07. The van der Waals surface area contributed by atoms with Gasteiger partial charge in [-0.05, 0) is 24.6 Å². The molecule has 7 heteroatoms. The van der Waals surface area contributed by atoms with Crippen molar-refractivity contribution in [2.45, 2.75) is 13.1 Å². The van der Waals surface area contributed by atoms with Gasteiger partial charge in [0.1, 0.15) is 10.9 Å². The first-order valence-corrected chi connectivity index (χ1v) is 4.85. The number of hydrogen-bond donors (Lipinski definition) is 1. The fraction of sp³-hybridized carbons (Fsp3) is 0.200. The fourth-order valence-corrected chi connectivity index (χ4v) is 1.12. The van der Waals surface area contributed by atoms with Crippen molar-refractivity contribution in [3.63, 3.8) is 0 Å². The van der Waals surface area contributed by atoms with Crippen LogP contribution in [-0.2, 0) is 4.79 Å². The van der Waals surface area contributed by atoms with Gasteiger partial charge in [0.25, 0.3) is 5.78 Å². The Morgan fingerprint density at radius 3 is 2.71 bits per heavy atom. The molecule has 0 saturated heterocycles. The summed E-state index contributed by atoms with van der Waals surface area (Å²) in [5.74, 6) is -1.79. The number of pyridine rings is 1. The van der Waals surface area contributed by atoms with Crippen LogP contribution < -0.4 is 5.32 Å². The molecule has 1 aromatic heterocycles. The predicted molar refractivity (Wildman–Crippen MR) is 57.6 cm³/mol. The summed E-state index contributed by atoms with van der Waals surface area (Å²) >= 11 is 5.21. The monoisotopic (exact) mass is 264 g/mol. The van der Waals surface area contributed by atoms with Crippen molar-refractivity contribution in [2.75, 3.05) is 5.32 Å². The Morgan fingerprint density at radius 2 is 2.18 bits per heavy atom. The summed E-state index contributed by atoms with van der Waals surface area (Å²) in [5.41, 5.74) is 0.870. The number of alkyl halides is 3. The van der Waals surface area contributed by atoms with Gasteiger partial charge >= 0.3 is 6.18 Å². The number of nitrogens with zero attached hydrogens (tertiary/aromatic N) is 1. The van der Waals surface area contributed by atoms with Crippen molar-refractivity contribution < 1.29 is 18.0 Å². The highest BCUT2D eigenvalue weighted by Gasteiger charge is 2.40. The first-order valence-electron chi connectivity index (χ1n) is 4.47. The molecular formula is C10H8ClF3N2O. The minimum absolute atomic E-state index is 0.304. The smallest absolute Gasteiger partial charge is 0.345 e. The molecule has 0 aliphatic heterocycles. The third-order valence-electron chi connectivity index (χ3n) is 1.74. The van der Waals surface area contributed by atoms with Gasteiger partial charge in [-0.25, -0.2) is 4.98 Å². The number of aryl methyl sites for hydroxylation is 1. The predicted octanol–water partition coefficient (Wildman–Crippen LogP) is 3.01. The van der Waals surface area contributed by atoms with E-state index in [-0.39, 0.29) is 0 Å². The number of ketones is 1. The zero-order chi connectivity index (χ0) is 13.1. The van der Waals surface area contributed by atoms with Crippen LogP contribution in [0.15, 0.2) is 29.6 Å². The van der Waals surface area contributed by atoms with Crippen LogP contribution in [0.2, 0.25) is 0 Å². The van der Waals surface area contributed by atoms with Crippen LogP contribution in [0, 0.1) is 6.92 Å². The highest BCUT2D eigenvalue weighted by atomic mass is 35.5. The topological polar surface area (TPSA) is 42.0 Å². The largest absolute Gasteiger partial charge is 0.455 e. The van der Waals surface area contributed by atoms with E-state index in [2.05, 4.69) is 10.3 Å². The number of halogens is 4. The van der Waals surface area contributed by atoms with E-state index in [1.807, 2.05) is 0 Å². The lowest BCUT2D eigenvalue weighted by molar-refractivity contribution is -0.165. The normalized spacial score (nSPS) is 12.4. The fourth-order valence-electron chi connectivity index (χ4n) is 0.953. The molecule has 0 aliphatic rings. The molecule has 0 amide bonds. The van der Waals surface area contributed by atoms with Gasteiger partial charge in [0.05, 0.1) is 0 Å². The van der Waals surface area contributed by atoms with Crippen LogP contribution in [-0.4, -0.2) is 16.9 Å². The maximum absolute atomic E-state index is 12.0. The summed E-state index contributed by atoms with van der Waals surface area (Å²) in [6, 6.07) is 3.32. The molecule has 0 saturated carbocycles. The molecule has 92 valence electrons. The second kappa shape index (κ2) is 5.18. The molecule has 0 aromatic carbocycles. The van der Waals surface area contributed by atoms with Crippen LogP contribution in [0.1, 0.15) is 5.56 Å². The van der Waals surface area contributed by atoms with Crippen molar-refractivity contribution in [2.24, 2.45) is 0 Å². The highest BCUT2D eigenvalue weighted by molar-refractivity contribution is 6.43. The Balaban J connectivity index is 2.75. The van der Waals surface area contributed by atoms with Crippen LogP contribution in [0.5, 0.6) is 0 Å². The second-order valence-electron chi connectivity index (χ2n) is 3.18. The highest BCUT2D eigenvalue weighted by Crippen LogP contribution is 2.22. The number of rotatable bonds is 3. The minimum Gasteiger partial charge on any atom is -0.345 e. The molecular weight excluding hydrogens is 257 g/mol. The number of aromatic nitrogens is 1. The number of allylic oxidation sites excluding steroid dienone is 1. The molecule has 0 bridgehead atoms. The Labute approximate surface area is 100 Å². The van der Waals surface area contributed by atoms with Crippen LogP contribution in [0.25, 0.3) is 0 Å². The summed E-state index contributed by atoms with van der Waals surface area (Å²) in [4.78, 5) is 14.5. The molecule has 0 fully saturated rings. The molecule has 1 aromatic rings. The van der Waals surface area contributed by atoms with E-state index in [1.165, 1.54) is 6.20 Å². The Morgan fingerprint density at radius 1 is 1.53 bits per heavy atom. The average molecular weight is 265 g/mol.